The number of para-hydroxylation sites is 2. The van der Waals surface area contributed by atoms with Gasteiger partial charge in [-0.15, -0.1) is 0 Å². The quantitative estimate of drug-likeness (QED) is 0.676. The summed E-state index contributed by atoms with van der Waals surface area (Å²) in [5.41, 5.74) is 0.859. The molecule has 1 N–H and O–H groups in total. The first kappa shape index (κ1) is 16.3. The zero-order valence-corrected chi connectivity index (χ0v) is 13.3. The molecule has 1 aromatic carbocycles. The van der Waals surface area contributed by atoms with Gasteiger partial charge in [-0.1, -0.05) is 12.1 Å². The predicted octanol–water partition coefficient (Wildman–Crippen LogP) is 2.52. The van der Waals surface area contributed by atoms with E-state index in [0.29, 0.717) is 22.8 Å². The van der Waals surface area contributed by atoms with Crippen LogP contribution in [-0.4, -0.2) is 25.2 Å². The molecule has 0 unspecified atom stereocenters. The van der Waals surface area contributed by atoms with Crippen LogP contribution in [0.3, 0.4) is 0 Å². The Morgan fingerprint density at radius 2 is 2.17 bits per heavy atom. The van der Waals surface area contributed by atoms with Crippen LogP contribution in [0.2, 0.25) is 0 Å². The normalized spacial score (nSPS) is 17.2. The Morgan fingerprint density at radius 1 is 1.29 bits per heavy atom. The van der Waals surface area contributed by atoms with E-state index in [2.05, 4.69) is 5.32 Å². The summed E-state index contributed by atoms with van der Waals surface area (Å²) in [5, 5.41) is 14.1. The third-order valence-electron chi connectivity index (χ3n) is 3.87. The molecular weight excluding hydrogens is 308 g/mol. The SMILES string of the molecule is O=C(Nc1ccccc1OC[C@@H]1CCCCO1)c1ccc[n+]([O-])c1. The Morgan fingerprint density at radius 3 is 2.96 bits per heavy atom. The van der Waals surface area contributed by atoms with Crippen molar-refractivity contribution in [1.82, 2.24) is 0 Å². The molecule has 1 fully saturated rings. The van der Waals surface area contributed by atoms with Gasteiger partial charge in [0.1, 0.15) is 17.9 Å². The lowest BCUT2D eigenvalue weighted by Crippen LogP contribution is -2.27. The molecule has 0 spiro atoms. The Kier molecular flexibility index (Phi) is 5.28. The molecule has 2 heterocycles. The van der Waals surface area contributed by atoms with Gasteiger partial charge in [-0.05, 0) is 37.5 Å². The zero-order valence-electron chi connectivity index (χ0n) is 13.3. The third kappa shape index (κ3) is 4.23. The highest BCUT2D eigenvalue weighted by atomic mass is 16.5. The average Bonchev–Trinajstić information content (AvgIpc) is 2.62. The number of benzene rings is 1. The molecule has 0 radical (unpaired) electrons. The largest absolute Gasteiger partial charge is 0.619 e. The van der Waals surface area contributed by atoms with Crippen molar-refractivity contribution >= 4 is 11.6 Å². The van der Waals surface area contributed by atoms with E-state index in [1.807, 2.05) is 12.1 Å². The smallest absolute Gasteiger partial charge is 0.261 e. The standard InChI is InChI=1S/C18H20N2O4/c21-18(14-6-5-10-20(22)12-14)19-16-8-1-2-9-17(16)24-13-15-7-3-4-11-23-15/h1-2,5-6,8-10,12,15H,3-4,7,11,13H2,(H,19,21)/t15-/m0/s1. The number of aromatic nitrogens is 1. The van der Waals surface area contributed by atoms with Crippen LogP contribution in [0.15, 0.2) is 48.8 Å². The second-order valence-corrected chi connectivity index (χ2v) is 5.70. The Bertz CT molecular complexity index is 699. The van der Waals surface area contributed by atoms with Crippen LogP contribution in [0.25, 0.3) is 0 Å². The first-order valence-corrected chi connectivity index (χ1v) is 8.06. The maximum atomic E-state index is 12.3. The Balaban J connectivity index is 1.66. The van der Waals surface area contributed by atoms with E-state index >= 15 is 0 Å². The van der Waals surface area contributed by atoms with Crippen molar-refractivity contribution < 1.29 is 19.0 Å². The van der Waals surface area contributed by atoms with Gasteiger partial charge in [-0.2, -0.15) is 4.73 Å². The molecular formula is C18H20N2O4. The van der Waals surface area contributed by atoms with Crippen molar-refractivity contribution in [1.29, 1.82) is 0 Å². The Labute approximate surface area is 140 Å². The number of nitrogens with zero attached hydrogens (tertiary/aromatic N) is 1. The minimum absolute atomic E-state index is 0.0936. The van der Waals surface area contributed by atoms with E-state index < -0.39 is 0 Å². The molecule has 1 amide bonds. The number of hydrogen-bond donors (Lipinski definition) is 1. The van der Waals surface area contributed by atoms with Crippen LogP contribution in [0, 0.1) is 5.21 Å². The molecule has 126 valence electrons. The molecule has 0 bridgehead atoms. The molecule has 1 aromatic heterocycles. The highest BCUT2D eigenvalue weighted by molar-refractivity contribution is 6.04. The van der Waals surface area contributed by atoms with Crippen LogP contribution in [0.5, 0.6) is 5.75 Å². The number of anilines is 1. The fourth-order valence-corrected chi connectivity index (χ4v) is 2.60. The van der Waals surface area contributed by atoms with Gasteiger partial charge in [0.2, 0.25) is 0 Å². The summed E-state index contributed by atoms with van der Waals surface area (Å²) in [6, 6.07) is 10.4. The summed E-state index contributed by atoms with van der Waals surface area (Å²) in [6.45, 7) is 1.23. The molecule has 0 saturated carbocycles. The summed E-state index contributed by atoms with van der Waals surface area (Å²) < 4.78 is 12.1. The number of nitrogens with one attached hydrogen (secondary N) is 1. The monoisotopic (exact) mass is 328 g/mol. The van der Waals surface area contributed by atoms with Gasteiger partial charge >= 0.3 is 0 Å². The van der Waals surface area contributed by atoms with Crippen molar-refractivity contribution in [2.24, 2.45) is 0 Å². The topological polar surface area (TPSA) is 74.5 Å². The van der Waals surface area contributed by atoms with Crippen molar-refractivity contribution in [2.75, 3.05) is 18.5 Å². The molecule has 1 atom stereocenters. The van der Waals surface area contributed by atoms with E-state index in [9.17, 15) is 10.0 Å². The molecule has 1 aliphatic rings. The Hall–Kier alpha value is -2.60. The predicted molar refractivity (Wildman–Crippen MR) is 88.9 cm³/mol. The first-order chi connectivity index (χ1) is 11.7. The number of amides is 1. The molecule has 1 aliphatic heterocycles. The van der Waals surface area contributed by atoms with Crippen molar-refractivity contribution in [3.05, 3.63) is 59.6 Å². The molecule has 1 saturated heterocycles. The molecule has 6 heteroatoms. The van der Waals surface area contributed by atoms with Gasteiger partial charge in [0, 0.05) is 12.7 Å². The molecule has 0 aliphatic carbocycles. The second-order valence-electron chi connectivity index (χ2n) is 5.70. The zero-order chi connectivity index (χ0) is 16.8. The van der Waals surface area contributed by atoms with Crippen LogP contribution in [-0.2, 0) is 4.74 Å². The van der Waals surface area contributed by atoms with E-state index in [1.165, 1.54) is 18.5 Å². The summed E-state index contributed by atoms with van der Waals surface area (Å²) in [5.74, 6) is 0.233. The van der Waals surface area contributed by atoms with Crippen molar-refractivity contribution in [3.8, 4) is 5.75 Å². The molecule has 24 heavy (non-hydrogen) atoms. The fraction of sp³-hybridized carbons (Fsp3) is 0.333. The minimum Gasteiger partial charge on any atom is -0.619 e. The maximum Gasteiger partial charge on any atom is 0.261 e. The van der Waals surface area contributed by atoms with Crippen LogP contribution < -0.4 is 14.8 Å². The van der Waals surface area contributed by atoms with Gasteiger partial charge in [-0.25, -0.2) is 0 Å². The van der Waals surface area contributed by atoms with Crippen molar-refractivity contribution in [2.45, 2.75) is 25.4 Å². The molecule has 6 nitrogen and oxygen atoms in total. The van der Waals surface area contributed by atoms with Gasteiger partial charge in [0.25, 0.3) is 5.91 Å². The lowest BCUT2D eigenvalue weighted by molar-refractivity contribution is -0.605. The lowest BCUT2D eigenvalue weighted by atomic mass is 10.1. The van der Waals surface area contributed by atoms with E-state index in [4.69, 9.17) is 9.47 Å². The van der Waals surface area contributed by atoms with Gasteiger partial charge in [0.05, 0.1) is 11.8 Å². The number of ether oxygens (including phenoxy) is 2. The van der Waals surface area contributed by atoms with E-state index in [-0.39, 0.29) is 17.6 Å². The third-order valence-corrected chi connectivity index (χ3v) is 3.87. The number of rotatable bonds is 5. The highest BCUT2D eigenvalue weighted by Gasteiger charge is 2.16. The minimum atomic E-state index is -0.356. The maximum absolute atomic E-state index is 12.3. The van der Waals surface area contributed by atoms with E-state index in [0.717, 1.165) is 25.9 Å². The second kappa shape index (κ2) is 7.79. The fourth-order valence-electron chi connectivity index (χ4n) is 2.60. The van der Waals surface area contributed by atoms with Crippen molar-refractivity contribution in [3.63, 3.8) is 0 Å². The van der Waals surface area contributed by atoms with Gasteiger partial charge < -0.3 is 20.0 Å². The van der Waals surface area contributed by atoms with Crippen LogP contribution in [0.4, 0.5) is 5.69 Å². The lowest BCUT2D eigenvalue weighted by Gasteiger charge is -2.23. The van der Waals surface area contributed by atoms with Crippen LogP contribution >= 0.6 is 0 Å². The number of pyridine rings is 1. The highest BCUT2D eigenvalue weighted by Crippen LogP contribution is 2.25. The molecule has 3 rings (SSSR count). The van der Waals surface area contributed by atoms with E-state index in [1.54, 1.807) is 18.2 Å². The number of carbonyl (C=O) groups is 1. The van der Waals surface area contributed by atoms with Gasteiger partial charge in [-0.3, -0.25) is 4.79 Å². The number of hydrogen-bond acceptors (Lipinski definition) is 4. The van der Waals surface area contributed by atoms with Crippen LogP contribution in [0.1, 0.15) is 29.6 Å². The number of carbonyl (C=O) groups excluding carboxylic acids is 1. The first-order valence-electron chi connectivity index (χ1n) is 8.06. The summed E-state index contributed by atoms with van der Waals surface area (Å²) in [7, 11) is 0. The summed E-state index contributed by atoms with van der Waals surface area (Å²) in [6.07, 6.45) is 5.89. The molecule has 2 aromatic rings. The summed E-state index contributed by atoms with van der Waals surface area (Å²) in [4.78, 5) is 12.3. The average molecular weight is 328 g/mol. The summed E-state index contributed by atoms with van der Waals surface area (Å²) >= 11 is 0. The van der Waals surface area contributed by atoms with Gasteiger partial charge in [0.15, 0.2) is 12.4 Å².